The number of alkyl halides is 3. The fourth-order valence-electron chi connectivity index (χ4n) is 2.46. The number of aromatic amines is 1. The van der Waals surface area contributed by atoms with Crippen LogP contribution >= 0.6 is 0 Å². The van der Waals surface area contributed by atoms with Gasteiger partial charge in [-0.15, -0.1) is 0 Å². The van der Waals surface area contributed by atoms with Crippen LogP contribution in [0.2, 0.25) is 0 Å². The first-order valence-electron chi connectivity index (χ1n) is 8.62. The van der Waals surface area contributed by atoms with E-state index in [9.17, 15) is 18.0 Å². The number of benzene rings is 1. The first-order chi connectivity index (χ1) is 13.7. The van der Waals surface area contributed by atoms with Crippen LogP contribution < -0.4 is 5.69 Å². The number of imidazole rings is 1. The molecule has 2 heterocycles. The summed E-state index contributed by atoms with van der Waals surface area (Å²) in [5.41, 5.74) is 2.15. The van der Waals surface area contributed by atoms with Crippen molar-refractivity contribution in [1.82, 2.24) is 24.3 Å². The average Bonchev–Trinajstić information content (AvgIpc) is 3.21. The van der Waals surface area contributed by atoms with E-state index in [2.05, 4.69) is 15.1 Å². The number of aryl methyl sites for hydroxylation is 3. The second kappa shape index (κ2) is 9.71. The Hall–Kier alpha value is -3.37. The lowest BCUT2D eigenvalue weighted by Crippen LogP contribution is -2.21. The van der Waals surface area contributed by atoms with Crippen LogP contribution in [0.4, 0.5) is 13.2 Å². The van der Waals surface area contributed by atoms with Gasteiger partial charge >= 0.3 is 17.8 Å². The number of hydrogen-bond donors (Lipinski definition) is 2. The molecule has 2 N–H and O–H groups in total. The molecule has 8 nitrogen and oxygen atoms in total. The van der Waals surface area contributed by atoms with Gasteiger partial charge in [-0.3, -0.25) is 4.98 Å². The Morgan fingerprint density at radius 1 is 1.24 bits per heavy atom. The molecular formula is C18H20F3N5O3. The number of hydrogen-bond acceptors (Lipinski definition) is 4. The molecule has 0 aliphatic heterocycles. The van der Waals surface area contributed by atoms with Crippen molar-refractivity contribution in [2.45, 2.75) is 32.0 Å². The maximum Gasteiger partial charge on any atom is 0.490 e. The second-order valence-corrected chi connectivity index (χ2v) is 6.16. The van der Waals surface area contributed by atoms with Crippen LogP contribution in [-0.2, 0) is 31.2 Å². The number of rotatable bonds is 6. The van der Waals surface area contributed by atoms with Crippen molar-refractivity contribution in [3.8, 4) is 0 Å². The third kappa shape index (κ3) is 6.94. The minimum Gasteiger partial charge on any atom is -0.475 e. The Labute approximate surface area is 163 Å². The zero-order valence-corrected chi connectivity index (χ0v) is 15.6. The number of aliphatic carboxylic acids is 1. The molecule has 0 bridgehead atoms. The lowest BCUT2D eigenvalue weighted by Gasteiger charge is -2.02. The highest BCUT2D eigenvalue weighted by molar-refractivity contribution is 5.73. The normalized spacial score (nSPS) is 11.0. The minimum atomic E-state index is -5.08. The smallest absolute Gasteiger partial charge is 0.475 e. The number of nitrogens with one attached hydrogen (secondary N) is 1. The summed E-state index contributed by atoms with van der Waals surface area (Å²) in [6.07, 6.45) is 0.936. The number of nitrogens with zero attached hydrogens (tertiary/aromatic N) is 4. The summed E-state index contributed by atoms with van der Waals surface area (Å²) < 4.78 is 35.2. The number of carboxylic acid groups (broad SMARTS) is 1. The van der Waals surface area contributed by atoms with Crippen LogP contribution in [0.3, 0.4) is 0 Å². The van der Waals surface area contributed by atoms with Gasteiger partial charge in [0.2, 0.25) is 0 Å². The fourth-order valence-corrected chi connectivity index (χ4v) is 2.46. The minimum absolute atomic E-state index is 0.143. The highest BCUT2D eigenvalue weighted by Crippen LogP contribution is 2.13. The Balaban J connectivity index is 0.000000370. The van der Waals surface area contributed by atoms with Gasteiger partial charge in [-0.2, -0.15) is 18.3 Å². The summed E-state index contributed by atoms with van der Waals surface area (Å²) in [6.45, 7) is 0.606. The highest BCUT2D eigenvalue weighted by atomic mass is 19.4. The molecule has 0 aliphatic carbocycles. The zero-order chi connectivity index (χ0) is 21.4. The summed E-state index contributed by atoms with van der Waals surface area (Å²) in [5.74, 6) is -2.05. The second-order valence-electron chi connectivity index (χ2n) is 6.16. The Morgan fingerprint density at radius 3 is 2.45 bits per heavy atom. The first-order valence-corrected chi connectivity index (χ1v) is 8.62. The molecule has 3 rings (SSSR count). The van der Waals surface area contributed by atoms with Crippen LogP contribution in [0, 0.1) is 0 Å². The highest BCUT2D eigenvalue weighted by Gasteiger charge is 2.38. The van der Waals surface area contributed by atoms with E-state index in [4.69, 9.17) is 9.90 Å². The van der Waals surface area contributed by atoms with Gasteiger partial charge in [0.05, 0.1) is 6.33 Å². The molecule has 0 atom stereocenters. The maximum absolute atomic E-state index is 11.9. The van der Waals surface area contributed by atoms with Gasteiger partial charge in [0.25, 0.3) is 0 Å². The Bertz CT molecular complexity index is 977. The molecule has 11 heteroatoms. The number of carbonyl (C=O) groups is 1. The fraction of sp³-hybridized carbons (Fsp3) is 0.333. The molecule has 156 valence electrons. The molecule has 29 heavy (non-hydrogen) atoms. The van der Waals surface area contributed by atoms with Gasteiger partial charge < -0.3 is 9.67 Å². The van der Waals surface area contributed by atoms with Crippen molar-refractivity contribution in [3.05, 3.63) is 70.4 Å². The topological polar surface area (TPSA) is 106 Å². The van der Waals surface area contributed by atoms with Gasteiger partial charge in [-0.25, -0.2) is 19.3 Å². The molecule has 0 saturated carbocycles. The Morgan fingerprint density at radius 2 is 1.90 bits per heavy atom. The van der Waals surface area contributed by atoms with Crippen molar-refractivity contribution in [3.63, 3.8) is 0 Å². The third-order valence-electron chi connectivity index (χ3n) is 3.90. The molecule has 0 radical (unpaired) electrons. The summed E-state index contributed by atoms with van der Waals surface area (Å²) in [6, 6.07) is 10.00. The van der Waals surface area contributed by atoms with Gasteiger partial charge in [-0.05, 0) is 18.4 Å². The van der Waals surface area contributed by atoms with E-state index in [0.29, 0.717) is 18.8 Å². The van der Waals surface area contributed by atoms with Crippen molar-refractivity contribution in [1.29, 1.82) is 0 Å². The van der Waals surface area contributed by atoms with E-state index in [-0.39, 0.29) is 5.69 Å². The number of carboxylic acids is 1. The van der Waals surface area contributed by atoms with Crippen molar-refractivity contribution in [2.75, 3.05) is 0 Å². The van der Waals surface area contributed by atoms with Gasteiger partial charge in [0.1, 0.15) is 5.82 Å². The molecule has 0 fully saturated rings. The molecule has 1 aromatic carbocycles. The van der Waals surface area contributed by atoms with Crippen LogP contribution in [0.1, 0.15) is 23.5 Å². The SMILES string of the molecule is Cn1cncc1CCCn1nc(Cc2ccccc2)[nH]c1=O.O=C(O)C(F)(F)F. The lowest BCUT2D eigenvalue weighted by molar-refractivity contribution is -0.192. The molecule has 0 saturated heterocycles. The summed E-state index contributed by atoms with van der Waals surface area (Å²) in [5, 5.41) is 11.5. The molecular weight excluding hydrogens is 391 g/mol. The summed E-state index contributed by atoms with van der Waals surface area (Å²) >= 11 is 0. The average molecular weight is 411 g/mol. The van der Waals surface area contributed by atoms with E-state index >= 15 is 0 Å². The summed E-state index contributed by atoms with van der Waals surface area (Å²) in [7, 11) is 1.97. The van der Waals surface area contributed by atoms with E-state index in [1.54, 1.807) is 6.33 Å². The largest absolute Gasteiger partial charge is 0.490 e. The third-order valence-corrected chi connectivity index (χ3v) is 3.90. The van der Waals surface area contributed by atoms with Crippen molar-refractivity contribution >= 4 is 5.97 Å². The number of aromatic nitrogens is 5. The van der Waals surface area contributed by atoms with Crippen LogP contribution in [0.25, 0.3) is 0 Å². The molecule has 0 spiro atoms. The predicted molar refractivity (Wildman–Crippen MR) is 97.3 cm³/mol. The van der Waals surface area contributed by atoms with Crippen LogP contribution in [0.5, 0.6) is 0 Å². The maximum atomic E-state index is 11.9. The van der Waals surface area contributed by atoms with Crippen LogP contribution in [0.15, 0.2) is 47.7 Å². The molecule has 2 aromatic heterocycles. The van der Waals surface area contributed by atoms with Crippen molar-refractivity contribution in [2.24, 2.45) is 7.05 Å². The number of halogens is 3. The van der Waals surface area contributed by atoms with Crippen LogP contribution in [-0.4, -0.2) is 41.6 Å². The Kier molecular flexibility index (Phi) is 7.34. The molecule has 3 aromatic rings. The quantitative estimate of drug-likeness (QED) is 0.647. The van der Waals surface area contributed by atoms with E-state index < -0.39 is 12.1 Å². The van der Waals surface area contributed by atoms with Gasteiger partial charge in [0.15, 0.2) is 0 Å². The molecule has 0 unspecified atom stereocenters. The van der Waals surface area contributed by atoms with Gasteiger partial charge in [0, 0.05) is 31.9 Å². The molecule has 0 aliphatic rings. The van der Waals surface area contributed by atoms with E-state index in [1.807, 2.05) is 48.1 Å². The monoisotopic (exact) mass is 411 g/mol. The van der Waals surface area contributed by atoms with Gasteiger partial charge in [-0.1, -0.05) is 30.3 Å². The van der Waals surface area contributed by atoms with E-state index in [1.165, 1.54) is 4.68 Å². The standard InChI is InChI=1S/C16H19N5O.C2HF3O2/c1-20-12-17-11-14(20)8-5-9-21-16(22)18-15(19-21)10-13-6-3-2-4-7-13;3-2(4,5)1(6)7/h2-4,6-7,11-12H,5,8-10H2,1H3,(H,18,19,22);(H,6,7). The predicted octanol–water partition coefficient (Wildman–Crippen LogP) is 2.16. The molecule has 0 amide bonds. The lowest BCUT2D eigenvalue weighted by atomic mass is 10.1. The van der Waals surface area contributed by atoms with Crippen molar-refractivity contribution < 1.29 is 23.1 Å². The van der Waals surface area contributed by atoms with E-state index in [0.717, 1.165) is 24.1 Å². The summed E-state index contributed by atoms with van der Waals surface area (Å²) in [4.78, 5) is 27.7. The first kappa shape index (κ1) is 21.9. The zero-order valence-electron chi connectivity index (χ0n) is 15.6. The number of H-pyrrole nitrogens is 1.